The van der Waals surface area contributed by atoms with Crippen LogP contribution >= 0.6 is 0 Å². The topological polar surface area (TPSA) is 124 Å². The number of imidazole rings is 1. The van der Waals surface area contributed by atoms with E-state index in [1.807, 2.05) is 12.1 Å². The summed E-state index contributed by atoms with van der Waals surface area (Å²) in [6.45, 7) is 0.979. The molecule has 11 heteroatoms. The number of anilines is 2. The van der Waals surface area contributed by atoms with Gasteiger partial charge in [0.1, 0.15) is 6.26 Å². The van der Waals surface area contributed by atoms with Crippen LogP contribution in [-0.2, 0) is 31.9 Å². The van der Waals surface area contributed by atoms with Crippen LogP contribution in [0.2, 0.25) is 0 Å². The molecule has 2 amide bonds. The molecule has 1 N–H and O–H groups in total. The zero-order valence-corrected chi connectivity index (χ0v) is 19.4. The maximum atomic E-state index is 12.7. The van der Waals surface area contributed by atoms with Crippen LogP contribution in [0.3, 0.4) is 0 Å². The van der Waals surface area contributed by atoms with E-state index in [4.69, 9.17) is 4.42 Å². The summed E-state index contributed by atoms with van der Waals surface area (Å²) in [6.07, 6.45) is 5.85. The number of nitrogens with zero attached hydrogens (tertiary/aromatic N) is 5. The number of furan rings is 1. The summed E-state index contributed by atoms with van der Waals surface area (Å²) >= 11 is 0. The summed E-state index contributed by atoms with van der Waals surface area (Å²) in [7, 11) is 3.00. The van der Waals surface area contributed by atoms with Gasteiger partial charge >= 0.3 is 5.69 Å². The number of benzene rings is 1. The lowest BCUT2D eigenvalue weighted by atomic mass is 10.1. The first-order chi connectivity index (χ1) is 16.8. The van der Waals surface area contributed by atoms with Crippen LogP contribution in [0.25, 0.3) is 11.2 Å². The molecule has 1 aromatic carbocycles. The molecule has 0 saturated carbocycles. The third kappa shape index (κ3) is 3.94. The molecule has 0 spiro atoms. The van der Waals surface area contributed by atoms with Crippen molar-refractivity contribution in [1.82, 2.24) is 18.7 Å². The third-order valence-corrected chi connectivity index (χ3v) is 6.29. The Hall–Kier alpha value is -4.41. The second-order valence-electron chi connectivity index (χ2n) is 8.53. The Morgan fingerprint density at radius 3 is 2.74 bits per heavy atom. The Morgan fingerprint density at radius 2 is 1.97 bits per heavy atom. The maximum absolute atomic E-state index is 12.7. The summed E-state index contributed by atoms with van der Waals surface area (Å²) in [5, 5.41) is 2.90. The summed E-state index contributed by atoms with van der Waals surface area (Å²) in [5.41, 5.74) is 2.80. The molecule has 180 valence electrons. The lowest BCUT2D eigenvalue weighted by Crippen LogP contribution is -2.37. The van der Waals surface area contributed by atoms with Crippen LogP contribution in [0.15, 0.2) is 57.1 Å². The van der Waals surface area contributed by atoms with Crippen molar-refractivity contribution in [2.45, 2.75) is 25.8 Å². The fourth-order valence-electron chi connectivity index (χ4n) is 4.43. The molecule has 0 fully saturated rings. The average molecular weight is 476 g/mol. The van der Waals surface area contributed by atoms with Gasteiger partial charge in [-0.05, 0) is 42.7 Å². The van der Waals surface area contributed by atoms with Gasteiger partial charge in [0.05, 0.1) is 18.2 Å². The predicted molar refractivity (Wildman–Crippen MR) is 129 cm³/mol. The zero-order chi connectivity index (χ0) is 24.7. The molecule has 4 heterocycles. The van der Waals surface area contributed by atoms with Crippen molar-refractivity contribution >= 4 is 34.4 Å². The van der Waals surface area contributed by atoms with E-state index >= 15 is 0 Å². The molecule has 1 aliphatic rings. The summed E-state index contributed by atoms with van der Waals surface area (Å²) in [5.74, 6) is -0.268. The van der Waals surface area contributed by atoms with Crippen molar-refractivity contribution in [1.29, 1.82) is 0 Å². The van der Waals surface area contributed by atoms with Crippen molar-refractivity contribution in [3.63, 3.8) is 0 Å². The number of carbonyl (C=O) groups excluding carboxylic acids is 2. The second-order valence-corrected chi connectivity index (χ2v) is 8.53. The van der Waals surface area contributed by atoms with Crippen LogP contribution in [-0.4, -0.2) is 37.0 Å². The largest absolute Gasteiger partial charge is 0.472 e. The van der Waals surface area contributed by atoms with Crippen LogP contribution in [0.1, 0.15) is 28.8 Å². The van der Waals surface area contributed by atoms with Gasteiger partial charge in [0.15, 0.2) is 11.2 Å². The van der Waals surface area contributed by atoms with E-state index in [-0.39, 0.29) is 18.2 Å². The molecule has 0 unspecified atom stereocenters. The molecule has 0 radical (unpaired) electrons. The van der Waals surface area contributed by atoms with Gasteiger partial charge < -0.3 is 19.2 Å². The van der Waals surface area contributed by atoms with E-state index in [1.54, 1.807) is 28.6 Å². The number of fused-ring (bicyclic) bond motifs is 2. The first-order valence-electron chi connectivity index (χ1n) is 11.2. The molecule has 0 bridgehead atoms. The van der Waals surface area contributed by atoms with Crippen molar-refractivity contribution < 1.29 is 14.0 Å². The number of rotatable bonds is 6. The number of carbonyl (C=O) groups is 2. The quantitative estimate of drug-likeness (QED) is 0.451. The van der Waals surface area contributed by atoms with Crippen LogP contribution < -0.4 is 21.5 Å². The highest BCUT2D eigenvalue weighted by Crippen LogP contribution is 2.31. The minimum absolute atomic E-state index is 0.115. The maximum Gasteiger partial charge on any atom is 0.332 e. The van der Waals surface area contributed by atoms with Crippen LogP contribution in [0, 0.1) is 0 Å². The SMILES string of the molecule is Cn1c(=O)c2c(ncn2CCCC(=O)Nc2ccc3c(c2)CCN3C(=O)c2ccoc2)n(C)c1=O. The minimum Gasteiger partial charge on any atom is -0.472 e. The van der Waals surface area contributed by atoms with E-state index < -0.39 is 11.2 Å². The highest BCUT2D eigenvalue weighted by atomic mass is 16.3. The highest BCUT2D eigenvalue weighted by molar-refractivity contribution is 6.07. The van der Waals surface area contributed by atoms with Crippen molar-refractivity contribution in [3.8, 4) is 0 Å². The minimum atomic E-state index is -0.435. The number of nitrogens with one attached hydrogen (secondary N) is 1. The Kier molecular flexibility index (Phi) is 5.59. The van der Waals surface area contributed by atoms with E-state index in [0.29, 0.717) is 48.3 Å². The van der Waals surface area contributed by atoms with E-state index in [1.165, 1.54) is 30.5 Å². The molecule has 3 aromatic heterocycles. The van der Waals surface area contributed by atoms with E-state index in [0.717, 1.165) is 15.8 Å². The Balaban J connectivity index is 1.22. The Labute approximate surface area is 199 Å². The van der Waals surface area contributed by atoms with Gasteiger partial charge in [0.25, 0.3) is 11.5 Å². The first kappa shape index (κ1) is 22.4. The molecule has 0 atom stereocenters. The molecular formula is C24H24N6O5. The molecule has 5 rings (SSSR count). The third-order valence-electron chi connectivity index (χ3n) is 6.29. The van der Waals surface area contributed by atoms with Gasteiger partial charge in [-0.2, -0.15) is 0 Å². The molecule has 1 aliphatic heterocycles. The molecular weight excluding hydrogens is 452 g/mol. The van der Waals surface area contributed by atoms with Gasteiger partial charge in [0.2, 0.25) is 5.91 Å². The number of aryl methyl sites for hydroxylation is 2. The van der Waals surface area contributed by atoms with E-state index in [9.17, 15) is 19.2 Å². The first-order valence-corrected chi connectivity index (χ1v) is 11.2. The molecule has 0 saturated heterocycles. The Bertz CT molecular complexity index is 1560. The normalized spacial score (nSPS) is 12.8. The highest BCUT2D eigenvalue weighted by Gasteiger charge is 2.26. The number of amides is 2. The van der Waals surface area contributed by atoms with Crippen molar-refractivity contribution in [3.05, 3.63) is 75.1 Å². The van der Waals surface area contributed by atoms with E-state index in [2.05, 4.69) is 10.3 Å². The van der Waals surface area contributed by atoms with Crippen molar-refractivity contribution in [2.75, 3.05) is 16.8 Å². The molecule has 0 aliphatic carbocycles. The summed E-state index contributed by atoms with van der Waals surface area (Å²) in [4.78, 5) is 55.7. The number of hydrogen-bond acceptors (Lipinski definition) is 6. The van der Waals surface area contributed by atoms with Gasteiger partial charge in [-0.1, -0.05) is 0 Å². The predicted octanol–water partition coefficient (Wildman–Crippen LogP) is 1.65. The standard InChI is InChI=1S/C24H24N6O5/c1-27-21-20(23(33)28(2)24(27)34)29(14-25-21)9-3-4-19(31)26-17-5-6-18-15(12-17)7-10-30(18)22(32)16-8-11-35-13-16/h5-6,8,11-14H,3-4,7,9-10H2,1-2H3,(H,26,31). The lowest BCUT2D eigenvalue weighted by molar-refractivity contribution is -0.116. The average Bonchev–Trinajstić information content (AvgIpc) is 3.60. The fraction of sp³-hybridized carbons (Fsp3) is 0.292. The van der Waals surface area contributed by atoms with Gasteiger partial charge in [0, 0.05) is 45.0 Å². The Morgan fingerprint density at radius 1 is 1.14 bits per heavy atom. The van der Waals surface area contributed by atoms with Gasteiger partial charge in [-0.25, -0.2) is 9.78 Å². The molecule has 11 nitrogen and oxygen atoms in total. The van der Waals surface area contributed by atoms with Crippen molar-refractivity contribution in [2.24, 2.45) is 14.1 Å². The fourth-order valence-corrected chi connectivity index (χ4v) is 4.43. The van der Waals surface area contributed by atoms with Gasteiger partial charge in [-0.15, -0.1) is 0 Å². The number of hydrogen-bond donors (Lipinski definition) is 1. The monoisotopic (exact) mass is 476 g/mol. The summed E-state index contributed by atoms with van der Waals surface area (Å²) < 4.78 is 9.06. The summed E-state index contributed by atoms with van der Waals surface area (Å²) in [6, 6.07) is 7.16. The molecule has 4 aromatic rings. The lowest BCUT2D eigenvalue weighted by Gasteiger charge is -2.16. The molecule has 35 heavy (non-hydrogen) atoms. The van der Waals surface area contributed by atoms with Crippen LogP contribution in [0.5, 0.6) is 0 Å². The number of aromatic nitrogens is 4. The smallest absolute Gasteiger partial charge is 0.332 e. The second kappa shape index (κ2) is 8.75. The zero-order valence-electron chi connectivity index (χ0n) is 19.4. The van der Waals surface area contributed by atoms with Crippen LogP contribution in [0.4, 0.5) is 11.4 Å². The van der Waals surface area contributed by atoms with Gasteiger partial charge in [-0.3, -0.25) is 23.5 Å².